The SMILES string of the molecule is Cn1c(OCC[N+](C)(C)C)cc2ccccc21.Cn1c(OCC[N+](C)(C)C)cc2ccccc21.Cn1c(OCC[N+](C)(C)C)cc2ccccc21.O=P([O-])([O-])[O-]. The third kappa shape index (κ3) is 16.0. The summed E-state index contributed by atoms with van der Waals surface area (Å²) < 4.78 is 35.2. The number of hydrogen-bond donors (Lipinski definition) is 0. The molecule has 0 saturated heterocycles. The van der Waals surface area contributed by atoms with Crippen molar-refractivity contribution in [2.45, 2.75) is 0 Å². The molecule has 308 valence electrons. The molecule has 0 aliphatic rings. The molecule has 0 aliphatic carbocycles. The lowest BCUT2D eigenvalue weighted by Gasteiger charge is -2.36. The fourth-order valence-corrected chi connectivity index (χ4v) is 5.48. The van der Waals surface area contributed by atoms with Gasteiger partial charge in [-0.25, -0.2) is 0 Å². The molecule has 0 radical (unpaired) electrons. The number of aryl methyl sites for hydroxylation is 3. The van der Waals surface area contributed by atoms with Crippen LogP contribution in [0.15, 0.2) is 91.0 Å². The Morgan fingerprint density at radius 3 is 0.875 bits per heavy atom. The Balaban J connectivity index is 0.000000212. The van der Waals surface area contributed by atoms with E-state index in [0.29, 0.717) is 0 Å². The highest BCUT2D eigenvalue weighted by Gasteiger charge is 2.12. The summed E-state index contributed by atoms with van der Waals surface area (Å²) in [5, 5.41) is 3.70. The third-order valence-corrected chi connectivity index (χ3v) is 8.76. The molecule has 14 heteroatoms. The molecule has 0 unspecified atom stereocenters. The highest BCUT2D eigenvalue weighted by molar-refractivity contribution is 7.40. The Kier molecular flexibility index (Phi) is 16.2. The Labute approximate surface area is 333 Å². The van der Waals surface area contributed by atoms with E-state index in [1.807, 2.05) is 21.1 Å². The molecule has 6 rings (SSSR count). The van der Waals surface area contributed by atoms with Crippen LogP contribution in [0, 0.1) is 0 Å². The summed E-state index contributed by atoms with van der Waals surface area (Å²) in [5.74, 6) is 2.83. The monoisotopic (exact) mass is 794 g/mol. The quantitative estimate of drug-likeness (QED) is 0.136. The Hall–Kier alpha value is -4.33. The summed E-state index contributed by atoms with van der Waals surface area (Å²) in [5.41, 5.74) is 3.65. The van der Waals surface area contributed by atoms with Crippen molar-refractivity contribution in [3.05, 3.63) is 91.0 Å². The molecular formula is C42H63N6O7P. The highest BCUT2D eigenvalue weighted by atomic mass is 31.2. The number of hydrogen-bond acceptors (Lipinski definition) is 7. The third-order valence-electron chi connectivity index (χ3n) is 8.76. The van der Waals surface area contributed by atoms with Crippen LogP contribution in [0.5, 0.6) is 17.6 Å². The number of quaternary nitrogens is 3. The van der Waals surface area contributed by atoms with E-state index < -0.39 is 7.82 Å². The molecule has 0 saturated carbocycles. The zero-order valence-electron chi connectivity index (χ0n) is 35.4. The molecule has 6 aromatic rings. The zero-order chi connectivity index (χ0) is 41.9. The average Bonchev–Trinajstić information content (AvgIpc) is 3.69. The lowest BCUT2D eigenvalue weighted by molar-refractivity contribution is -0.870. The van der Waals surface area contributed by atoms with Crippen LogP contribution in [-0.4, -0.2) is 130 Å². The Bertz CT molecular complexity index is 1930. The first kappa shape index (κ1) is 46.1. The van der Waals surface area contributed by atoms with Gasteiger partial charge in [-0.1, -0.05) is 54.6 Å². The normalized spacial score (nSPS) is 12.0. The summed E-state index contributed by atoms with van der Waals surface area (Å²) in [4.78, 5) is 25.6. The van der Waals surface area contributed by atoms with Crippen LogP contribution in [0.3, 0.4) is 0 Å². The van der Waals surface area contributed by atoms with Crippen LogP contribution in [0.2, 0.25) is 0 Å². The number of para-hydroxylation sites is 3. The van der Waals surface area contributed by atoms with Gasteiger partial charge in [0.2, 0.25) is 0 Å². The van der Waals surface area contributed by atoms with E-state index in [0.717, 1.165) is 70.5 Å². The van der Waals surface area contributed by atoms with Gasteiger partial charge in [-0.05, 0) is 18.2 Å². The number of fused-ring (bicyclic) bond motifs is 3. The first-order chi connectivity index (χ1) is 25.9. The van der Waals surface area contributed by atoms with E-state index in [2.05, 4.69) is 168 Å². The second-order valence-corrected chi connectivity index (χ2v) is 17.7. The van der Waals surface area contributed by atoms with E-state index in [4.69, 9.17) is 33.5 Å². The van der Waals surface area contributed by atoms with Gasteiger partial charge in [-0.15, -0.1) is 0 Å². The molecule has 13 nitrogen and oxygen atoms in total. The second-order valence-electron chi connectivity index (χ2n) is 16.8. The molecular weight excluding hydrogens is 731 g/mol. The molecule has 0 bridgehead atoms. The smallest absolute Gasteiger partial charge is 0.194 e. The minimum absolute atomic E-state index is 0.744. The summed E-state index contributed by atoms with van der Waals surface area (Å²) in [6.07, 6.45) is 0. The molecule has 0 amide bonds. The van der Waals surface area contributed by atoms with E-state index in [1.54, 1.807) is 0 Å². The summed E-state index contributed by atoms with van der Waals surface area (Å²) >= 11 is 0. The van der Waals surface area contributed by atoms with Crippen LogP contribution < -0.4 is 28.9 Å². The molecule has 3 aromatic carbocycles. The molecule has 0 spiro atoms. The largest absolute Gasteiger partial charge is 0.822 e. The van der Waals surface area contributed by atoms with Crippen LogP contribution in [0.1, 0.15) is 0 Å². The van der Waals surface area contributed by atoms with Gasteiger partial charge in [0.1, 0.15) is 39.5 Å². The van der Waals surface area contributed by atoms with Gasteiger partial charge in [0.25, 0.3) is 0 Å². The zero-order valence-corrected chi connectivity index (χ0v) is 36.3. The predicted molar refractivity (Wildman–Crippen MR) is 222 cm³/mol. The molecule has 0 N–H and O–H groups in total. The summed E-state index contributed by atoms with van der Waals surface area (Å²) in [6.45, 7) is 5.24. The lowest BCUT2D eigenvalue weighted by atomic mass is 10.2. The minimum Gasteiger partial charge on any atom is -0.822 e. The first-order valence-electron chi connectivity index (χ1n) is 18.6. The van der Waals surface area contributed by atoms with Gasteiger partial charge in [0.05, 0.1) is 80.0 Å². The van der Waals surface area contributed by atoms with Crippen molar-refractivity contribution in [2.24, 2.45) is 21.1 Å². The Morgan fingerprint density at radius 2 is 0.679 bits per heavy atom. The predicted octanol–water partition coefficient (Wildman–Crippen LogP) is 3.97. The first-order valence-corrected chi connectivity index (χ1v) is 20.0. The van der Waals surface area contributed by atoms with Gasteiger partial charge < -0.3 is 60.6 Å². The topological polar surface area (TPSA) is 129 Å². The molecule has 0 fully saturated rings. The standard InChI is InChI=1S/3C14H21N2O.H3O4P/c3*1-15-13-8-6-5-7-12(13)11-14(15)17-10-9-16(2,3)4;1-5(2,3)4/h3*5-8,11H,9-10H2,1-4H3;(H3,1,2,3,4)/q3*+1;/p-3. The lowest BCUT2D eigenvalue weighted by Crippen LogP contribution is -2.38. The van der Waals surface area contributed by atoms with Crippen molar-refractivity contribution in [1.29, 1.82) is 0 Å². The van der Waals surface area contributed by atoms with Crippen molar-refractivity contribution in [3.63, 3.8) is 0 Å². The van der Waals surface area contributed by atoms with Crippen molar-refractivity contribution in [3.8, 4) is 17.6 Å². The van der Waals surface area contributed by atoms with E-state index in [9.17, 15) is 0 Å². The van der Waals surface area contributed by atoms with E-state index in [1.165, 1.54) is 32.7 Å². The number of benzene rings is 3. The number of phosphoric acid groups is 1. The minimum atomic E-state index is -5.39. The maximum Gasteiger partial charge on any atom is 0.194 e. The molecule has 3 heterocycles. The molecule has 3 aromatic heterocycles. The van der Waals surface area contributed by atoms with Gasteiger partial charge >= 0.3 is 0 Å². The summed E-state index contributed by atoms with van der Waals surface area (Å²) in [7, 11) is 20.3. The Morgan fingerprint density at radius 1 is 0.464 bits per heavy atom. The number of nitrogens with zero attached hydrogens (tertiary/aromatic N) is 6. The number of likely N-dealkylation sites (N-methyl/N-ethyl adjacent to an activating group) is 3. The van der Waals surface area contributed by atoms with Gasteiger partial charge in [0.15, 0.2) is 17.6 Å². The fraction of sp³-hybridized carbons (Fsp3) is 0.429. The van der Waals surface area contributed by atoms with Gasteiger partial charge in [0, 0.05) is 55.5 Å². The maximum atomic E-state index is 8.55. The molecule has 0 aliphatic heterocycles. The van der Waals surface area contributed by atoms with Crippen LogP contribution in [0.4, 0.5) is 0 Å². The van der Waals surface area contributed by atoms with Crippen molar-refractivity contribution < 1.29 is 46.9 Å². The highest BCUT2D eigenvalue weighted by Crippen LogP contribution is 2.26. The maximum absolute atomic E-state index is 8.55. The fourth-order valence-electron chi connectivity index (χ4n) is 5.48. The number of aromatic nitrogens is 3. The molecule has 56 heavy (non-hydrogen) atoms. The van der Waals surface area contributed by atoms with Gasteiger partial charge in [-0.2, -0.15) is 7.82 Å². The average molecular weight is 795 g/mol. The van der Waals surface area contributed by atoms with E-state index in [-0.39, 0.29) is 0 Å². The van der Waals surface area contributed by atoms with Gasteiger partial charge in [-0.3, -0.25) is 0 Å². The summed E-state index contributed by atoms with van der Waals surface area (Å²) in [6, 6.07) is 31.3. The van der Waals surface area contributed by atoms with E-state index >= 15 is 0 Å². The van der Waals surface area contributed by atoms with Crippen molar-refractivity contribution in [2.75, 3.05) is 103 Å². The van der Waals surface area contributed by atoms with Crippen LogP contribution in [0.25, 0.3) is 32.7 Å². The van der Waals surface area contributed by atoms with Crippen molar-refractivity contribution in [1.82, 2.24) is 13.7 Å². The second kappa shape index (κ2) is 19.7. The van der Waals surface area contributed by atoms with Crippen LogP contribution in [-0.2, 0) is 25.7 Å². The van der Waals surface area contributed by atoms with Crippen molar-refractivity contribution >= 4 is 40.5 Å². The number of rotatable bonds is 12. The molecule has 0 atom stereocenters. The number of ether oxygens (including phenoxy) is 3. The van der Waals surface area contributed by atoms with Crippen LogP contribution >= 0.6 is 7.82 Å².